The molecule has 7 heteroatoms. The van der Waals surface area contributed by atoms with Gasteiger partial charge in [0.15, 0.2) is 0 Å². The number of hydrogen-bond acceptors (Lipinski definition) is 6. The molecule has 2 aromatic heterocycles. The highest BCUT2D eigenvalue weighted by molar-refractivity contribution is 7.14. The van der Waals surface area contributed by atoms with E-state index >= 15 is 0 Å². The number of carbonyl (C=O) groups excluding carboxylic acids is 1. The quantitative estimate of drug-likeness (QED) is 0.787. The molecule has 0 radical (unpaired) electrons. The molecule has 2 aliphatic heterocycles. The van der Waals surface area contributed by atoms with E-state index in [1.54, 1.807) is 22.7 Å². The number of rotatable bonds is 5. The molecule has 1 amide bonds. The van der Waals surface area contributed by atoms with Crippen molar-refractivity contribution >= 4 is 28.6 Å². The van der Waals surface area contributed by atoms with Gasteiger partial charge in [-0.2, -0.15) is 0 Å². The van der Waals surface area contributed by atoms with Gasteiger partial charge in [-0.3, -0.25) is 14.6 Å². The highest BCUT2D eigenvalue weighted by Crippen LogP contribution is 2.26. The number of hydrogen-bond donors (Lipinski definition) is 0. The van der Waals surface area contributed by atoms with E-state index in [0.29, 0.717) is 12.5 Å². The number of likely N-dealkylation sites (tertiary alicyclic amines) is 1. The van der Waals surface area contributed by atoms with Crippen molar-refractivity contribution in [3.63, 3.8) is 0 Å². The first-order valence-electron chi connectivity index (χ1n) is 9.49. The molecule has 0 saturated carbocycles. The molecule has 0 unspecified atom stereocenters. The maximum Gasteiger partial charge on any atom is 0.236 e. The van der Waals surface area contributed by atoms with Crippen molar-refractivity contribution in [3.05, 3.63) is 27.9 Å². The van der Waals surface area contributed by atoms with Gasteiger partial charge in [0.25, 0.3) is 0 Å². The molecule has 0 N–H and O–H groups in total. The number of thiophene rings is 1. The fourth-order valence-corrected chi connectivity index (χ4v) is 5.25. The van der Waals surface area contributed by atoms with Crippen molar-refractivity contribution in [2.75, 3.05) is 45.8 Å². The van der Waals surface area contributed by atoms with E-state index < -0.39 is 0 Å². The summed E-state index contributed by atoms with van der Waals surface area (Å²) in [5.41, 5.74) is 1.10. The van der Waals surface area contributed by atoms with Gasteiger partial charge in [0.1, 0.15) is 5.01 Å². The minimum absolute atomic E-state index is 0.318. The number of piperazine rings is 1. The molecule has 0 aromatic carbocycles. The van der Waals surface area contributed by atoms with Crippen LogP contribution in [0.15, 0.2) is 22.9 Å². The van der Waals surface area contributed by atoms with E-state index in [9.17, 15) is 4.79 Å². The molecule has 5 nitrogen and oxygen atoms in total. The lowest BCUT2D eigenvalue weighted by Gasteiger charge is -2.35. The summed E-state index contributed by atoms with van der Waals surface area (Å²) in [6.45, 7) is 7.40. The lowest BCUT2D eigenvalue weighted by Crippen LogP contribution is -2.50. The Bertz CT molecular complexity index is 701. The molecule has 0 spiro atoms. The van der Waals surface area contributed by atoms with E-state index in [2.05, 4.69) is 37.6 Å². The molecular weight excluding hydrogens is 364 g/mol. The number of nitrogens with zero attached hydrogens (tertiary/aromatic N) is 4. The van der Waals surface area contributed by atoms with Crippen LogP contribution in [0, 0.1) is 0 Å². The third kappa shape index (κ3) is 4.52. The Kier molecular flexibility index (Phi) is 5.99. The van der Waals surface area contributed by atoms with E-state index in [1.165, 1.54) is 29.1 Å². The van der Waals surface area contributed by atoms with Crippen LogP contribution in [0.4, 0.5) is 0 Å². The van der Waals surface area contributed by atoms with E-state index in [4.69, 9.17) is 4.98 Å². The molecule has 2 aromatic rings. The van der Waals surface area contributed by atoms with E-state index in [0.717, 1.165) is 51.5 Å². The van der Waals surface area contributed by atoms with Crippen molar-refractivity contribution < 1.29 is 4.79 Å². The van der Waals surface area contributed by atoms with Crippen LogP contribution in [0.3, 0.4) is 0 Å². The SMILES string of the molecule is O=C(CN1CCN(Cc2nc(-c3cccs3)cs2)CC1)N1CCCCC1. The van der Waals surface area contributed by atoms with Crippen molar-refractivity contribution in [1.29, 1.82) is 0 Å². The van der Waals surface area contributed by atoms with Crippen molar-refractivity contribution in [3.8, 4) is 10.6 Å². The first-order valence-corrected chi connectivity index (χ1v) is 11.2. The largest absolute Gasteiger partial charge is 0.342 e. The average Bonchev–Trinajstić information content (AvgIpc) is 3.36. The fraction of sp³-hybridized carbons (Fsp3) is 0.579. The lowest BCUT2D eigenvalue weighted by molar-refractivity contribution is -0.133. The molecule has 2 saturated heterocycles. The number of carbonyl (C=O) groups is 1. The first-order chi connectivity index (χ1) is 12.8. The first kappa shape index (κ1) is 18.1. The molecule has 0 bridgehead atoms. The maximum absolute atomic E-state index is 12.4. The van der Waals surface area contributed by atoms with Gasteiger partial charge >= 0.3 is 0 Å². The maximum atomic E-state index is 12.4. The number of thiazole rings is 1. The van der Waals surface area contributed by atoms with Crippen molar-refractivity contribution in [1.82, 2.24) is 19.7 Å². The van der Waals surface area contributed by atoms with Gasteiger partial charge in [-0.05, 0) is 30.7 Å². The second-order valence-corrected chi connectivity index (χ2v) is 8.99. The molecule has 0 aliphatic carbocycles. The molecule has 4 rings (SSSR count). The molecule has 4 heterocycles. The van der Waals surface area contributed by atoms with Crippen LogP contribution in [0.1, 0.15) is 24.3 Å². The van der Waals surface area contributed by atoms with E-state index in [1.807, 2.05) is 0 Å². The number of piperidine rings is 1. The standard InChI is InChI=1S/C19H26N4OS2/c24-19(23-6-2-1-3-7-23)14-22-10-8-21(9-11-22)13-18-20-16(15-26-18)17-5-4-12-25-17/h4-5,12,15H,1-3,6-11,13-14H2. The Hall–Kier alpha value is -1.28. The Morgan fingerprint density at radius 3 is 2.50 bits per heavy atom. The van der Waals surface area contributed by atoms with Crippen molar-refractivity contribution in [2.24, 2.45) is 0 Å². The van der Waals surface area contributed by atoms with Crippen LogP contribution in [0.2, 0.25) is 0 Å². The minimum atomic E-state index is 0.318. The fourth-order valence-electron chi connectivity index (χ4n) is 3.65. The second kappa shape index (κ2) is 8.61. The van der Waals surface area contributed by atoms with Crippen LogP contribution in [-0.4, -0.2) is 71.4 Å². The zero-order valence-corrected chi connectivity index (χ0v) is 16.7. The molecule has 140 valence electrons. The van der Waals surface area contributed by atoms with Gasteiger partial charge in [0, 0.05) is 44.6 Å². The van der Waals surface area contributed by atoms with E-state index in [-0.39, 0.29) is 0 Å². The zero-order valence-electron chi connectivity index (χ0n) is 15.1. The summed E-state index contributed by atoms with van der Waals surface area (Å²) in [6.07, 6.45) is 3.61. The summed E-state index contributed by atoms with van der Waals surface area (Å²) in [7, 11) is 0. The Morgan fingerprint density at radius 1 is 1.00 bits per heavy atom. The van der Waals surface area contributed by atoms with Gasteiger partial charge in [0.2, 0.25) is 5.91 Å². The predicted octanol–water partition coefficient (Wildman–Crippen LogP) is 3.00. The Balaban J connectivity index is 1.23. The highest BCUT2D eigenvalue weighted by atomic mass is 32.1. The molecule has 26 heavy (non-hydrogen) atoms. The Morgan fingerprint density at radius 2 is 1.77 bits per heavy atom. The second-order valence-electron chi connectivity index (χ2n) is 7.10. The van der Waals surface area contributed by atoms with Gasteiger partial charge in [-0.15, -0.1) is 22.7 Å². The van der Waals surface area contributed by atoms with Crippen LogP contribution in [-0.2, 0) is 11.3 Å². The third-order valence-corrected chi connectivity index (χ3v) is 6.94. The highest BCUT2D eigenvalue weighted by Gasteiger charge is 2.23. The summed E-state index contributed by atoms with van der Waals surface area (Å²) >= 11 is 3.49. The molecule has 0 atom stereocenters. The van der Waals surface area contributed by atoms with Crippen molar-refractivity contribution in [2.45, 2.75) is 25.8 Å². The van der Waals surface area contributed by atoms with Crippen LogP contribution >= 0.6 is 22.7 Å². The Labute approximate surface area is 163 Å². The predicted molar refractivity (Wildman–Crippen MR) is 108 cm³/mol. The van der Waals surface area contributed by atoms with Crippen LogP contribution in [0.5, 0.6) is 0 Å². The van der Waals surface area contributed by atoms with Crippen LogP contribution < -0.4 is 0 Å². The summed E-state index contributed by atoms with van der Waals surface area (Å²) in [6, 6.07) is 4.20. The zero-order chi connectivity index (χ0) is 17.8. The lowest BCUT2D eigenvalue weighted by atomic mass is 10.1. The van der Waals surface area contributed by atoms with Crippen LogP contribution in [0.25, 0.3) is 10.6 Å². The summed E-state index contributed by atoms with van der Waals surface area (Å²) in [5, 5.41) is 5.44. The molecule has 2 aliphatic rings. The smallest absolute Gasteiger partial charge is 0.236 e. The monoisotopic (exact) mass is 390 g/mol. The topological polar surface area (TPSA) is 39.7 Å². The molecule has 2 fully saturated rings. The summed E-state index contributed by atoms with van der Waals surface area (Å²) in [5.74, 6) is 0.318. The van der Waals surface area contributed by atoms with Gasteiger partial charge in [-0.1, -0.05) is 6.07 Å². The average molecular weight is 391 g/mol. The third-order valence-electron chi connectivity index (χ3n) is 5.22. The van der Waals surface area contributed by atoms with Gasteiger partial charge in [0.05, 0.1) is 23.7 Å². The number of amides is 1. The summed E-state index contributed by atoms with van der Waals surface area (Å²) < 4.78 is 0. The van der Waals surface area contributed by atoms with Gasteiger partial charge in [-0.25, -0.2) is 4.98 Å². The minimum Gasteiger partial charge on any atom is -0.342 e. The summed E-state index contributed by atoms with van der Waals surface area (Å²) in [4.78, 5) is 25.3. The number of aromatic nitrogens is 1. The molecular formula is C19H26N4OS2. The van der Waals surface area contributed by atoms with Gasteiger partial charge < -0.3 is 4.90 Å². The normalized spacial score (nSPS) is 19.8.